The lowest BCUT2D eigenvalue weighted by Crippen LogP contribution is -2.39. The summed E-state index contributed by atoms with van der Waals surface area (Å²) in [6.45, 7) is 15.3. The van der Waals surface area contributed by atoms with Gasteiger partial charge in [-0.1, -0.05) is 66.9 Å². The molecule has 1 rings (SSSR count). The SMILES string of the molecule is CCC(C)COC(=O)Oc1ccc(C[C@H](N)C(=O)O[C@@H](C)[C@H](C)OC(=O)CC(C)CC)cc1OC(=O)OCC(C)CC. The fraction of sp³-hybridized carbons (Fsp3) is 0.677. The predicted octanol–water partition coefficient (Wildman–Crippen LogP) is 5.98. The molecule has 11 heteroatoms. The Morgan fingerprint density at radius 2 is 1.21 bits per heavy atom. The number of rotatable bonds is 17. The molecule has 2 N–H and O–H groups in total. The minimum Gasteiger partial charge on any atom is -0.459 e. The van der Waals surface area contributed by atoms with Gasteiger partial charge in [-0.15, -0.1) is 0 Å². The van der Waals surface area contributed by atoms with Crippen molar-refractivity contribution < 1.29 is 47.6 Å². The molecule has 0 aliphatic rings. The summed E-state index contributed by atoms with van der Waals surface area (Å²) in [5.74, 6) is -0.743. The van der Waals surface area contributed by atoms with Crippen LogP contribution in [0.1, 0.15) is 86.6 Å². The maximum absolute atomic E-state index is 12.7. The van der Waals surface area contributed by atoms with Crippen LogP contribution in [0.2, 0.25) is 0 Å². The molecule has 42 heavy (non-hydrogen) atoms. The third-order valence-corrected chi connectivity index (χ3v) is 7.01. The molecule has 3 unspecified atom stereocenters. The molecule has 238 valence electrons. The fourth-order valence-electron chi connectivity index (χ4n) is 3.22. The standard InChI is InChI=1S/C31H49NO10/c1-9-19(4)14-28(33)39-22(7)23(8)40-29(34)25(32)15-24-12-13-26(41-30(35)37-17-20(5)10-2)27(16-24)42-31(36)38-18-21(6)11-3/h12-13,16,19-23,25H,9-11,14-15,17-18,32H2,1-8H3/t19?,20?,21?,22-,23-,25-/m0/s1. The number of ether oxygens (including phenoxy) is 6. The van der Waals surface area contributed by atoms with Crippen LogP contribution in [-0.4, -0.2) is 55.7 Å². The molecule has 0 fully saturated rings. The quantitative estimate of drug-likeness (QED) is 0.129. The van der Waals surface area contributed by atoms with Crippen molar-refractivity contribution in [1.82, 2.24) is 0 Å². The van der Waals surface area contributed by atoms with Crippen molar-refractivity contribution in [2.45, 2.75) is 106 Å². The first-order chi connectivity index (χ1) is 19.8. The lowest BCUT2D eigenvalue weighted by atomic mass is 10.1. The highest BCUT2D eigenvalue weighted by molar-refractivity contribution is 5.76. The van der Waals surface area contributed by atoms with Crippen molar-refractivity contribution in [1.29, 1.82) is 0 Å². The molecule has 6 atom stereocenters. The second kappa shape index (κ2) is 19.0. The second-order valence-electron chi connectivity index (χ2n) is 11.0. The first-order valence-electron chi connectivity index (χ1n) is 14.8. The number of carbonyl (C=O) groups excluding carboxylic acids is 4. The summed E-state index contributed by atoms with van der Waals surface area (Å²) in [7, 11) is 0. The van der Waals surface area contributed by atoms with Crippen LogP contribution < -0.4 is 15.2 Å². The van der Waals surface area contributed by atoms with Gasteiger partial charge in [0, 0.05) is 6.42 Å². The highest BCUT2D eigenvalue weighted by atomic mass is 16.7. The van der Waals surface area contributed by atoms with Crippen LogP contribution in [0.4, 0.5) is 9.59 Å². The summed E-state index contributed by atoms with van der Waals surface area (Å²) >= 11 is 0. The van der Waals surface area contributed by atoms with Gasteiger partial charge < -0.3 is 34.2 Å². The summed E-state index contributed by atoms with van der Waals surface area (Å²) < 4.78 is 31.7. The molecule has 0 aliphatic carbocycles. The van der Waals surface area contributed by atoms with E-state index in [0.29, 0.717) is 5.56 Å². The third-order valence-electron chi connectivity index (χ3n) is 7.01. The van der Waals surface area contributed by atoms with E-state index < -0.39 is 36.5 Å². The molecule has 0 saturated heterocycles. The summed E-state index contributed by atoms with van der Waals surface area (Å²) in [4.78, 5) is 49.4. The molecule has 0 heterocycles. The predicted molar refractivity (Wildman–Crippen MR) is 156 cm³/mol. The maximum Gasteiger partial charge on any atom is 0.513 e. The number of hydrogen-bond acceptors (Lipinski definition) is 11. The zero-order valence-corrected chi connectivity index (χ0v) is 26.3. The van der Waals surface area contributed by atoms with E-state index in [1.807, 2.05) is 41.5 Å². The van der Waals surface area contributed by atoms with Crippen molar-refractivity contribution in [2.24, 2.45) is 23.5 Å². The molecule has 0 bridgehead atoms. The molecule has 11 nitrogen and oxygen atoms in total. The Kier molecular flexibility index (Phi) is 16.6. The van der Waals surface area contributed by atoms with Gasteiger partial charge in [-0.3, -0.25) is 9.59 Å². The average Bonchev–Trinajstić information content (AvgIpc) is 2.95. The average molecular weight is 596 g/mol. The van der Waals surface area contributed by atoms with Gasteiger partial charge in [-0.2, -0.15) is 0 Å². The highest BCUT2D eigenvalue weighted by Crippen LogP contribution is 2.30. The maximum atomic E-state index is 12.7. The first-order valence-corrected chi connectivity index (χ1v) is 14.8. The van der Waals surface area contributed by atoms with Crippen LogP contribution in [0, 0.1) is 17.8 Å². The van der Waals surface area contributed by atoms with Gasteiger partial charge in [-0.05, 0) is 55.7 Å². The summed E-state index contributed by atoms with van der Waals surface area (Å²) in [6.07, 6.45) is -0.515. The summed E-state index contributed by atoms with van der Waals surface area (Å²) in [5, 5.41) is 0. The minimum absolute atomic E-state index is 0.0186. The Morgan fingerprint density at radius 1 is 0.714 bits per heavy atom. The Balaban J connectivity index is 2.92. The van der Waals surface area contributed by atoms with E-state index in [1.165, 1.54) is 12.1 Å². The van der Waals surface area contributed by atoms with Crippen molar-refractivity contribution in [3.63, 3.8) is 0 Å². The Labute approximate surface area is 249 Å². The van der Waals surface area contributed by atoms with E-state index >= 15 is 0 Å². The van der Waals surface area contributed by atoms with Crippen molar-refractivity contribution in [3.8, 4) is 11.5 Å². The molecule has 0 spiro atoms. The van der Waals surface area contributed by atoms with Gasteiger partial charge in [-0.25, -0.2) is 9.59 Å². The summed E-state index contributed by atoms with van der Waals surface area (Å²) in [6, 6.07) is 3.34. The zero-order chi connectivity index (χ0) is 31.8. The number of benzene rings is 1. The lowest BCUT2D eigenvalue weighted by molar-refractivity contribution is -0.166. The van der Waals surface area contributed by atoms with E-state index in [-0.39, 0.29) is 61.3 Å². The Hall–Kier alpha value is -3.34. The van der Waals surface area contributed by atoms with Crippen LogP contribution in [0.3, 0.4) is 0 Å². The molecule has 0 saturated carbocycles. The molecule has 0 amide bonds. The molecule has 1 aromatic carbocycles. The number of carbonyl (C=O) groups is 4. The molecule has 0 aromatic heterocycles. The van der Waals surface area contributed by atoms with Gasteiger partial charge in [0.25, 0.3) is 0 Å². The molecule has 1 aromatic rings. The van der Waals surface area contributed by atoms with Crippen molar-refractivity contribution >= 4 is 24.2 Å². The van der Waals surface area contributed by atoms with Crippen LogP contribution in [-0.2, 0) is 35.0 Å². The van der Waals surface area contributed by atoms with Crippen molar-refractivity contribution in [3.05, 3.63) is 23.8 Å². The van der Waals surface area contributed by atoms with Crippen LogP contribution >= 0.6 is 0 Å². The highest BCUT2D eigenvalue weighted by Gasteiger charge is 2.25. The number of hydrogen-bond donors (Lipinski definition) is 1. The van der Waals surface area contributed by atoms with E-state index in [1.54, 1.807) is 19.9 Å². The normalized spacial score (nSPS) is 15.3. The van der Waals surface area contributed by atoms with Gasteiger partial charge >= 0.3 is 24.2 Å². The van der Waals surface area contributed by atoms with Crippen molar-refractivity contribution in [2.75, 3.05) is 13.2 Å². The Morgan fingerprint density at radius 3 is 1.74 bits per heavy atom. The zero-order valence-electron chi connectivity index (χ0n) is 26.3. The van der Waals surface area contributed by atoms with Gasteiger partial charge in [0.15, 0.2) is 11.5 Å². The smallest absolute Gasteiger partial charge is 0.459 e. The topological polar surface area (TPSA) is 150 Å². The van der Waals surface area contributed by atoms with Crippen LogP contribution in [0.5, 0.6) is 11.5 Å². The number of esters is 2. The van der Waals surface area contributed by atoms with Gasteiger partial charge in [0.2, 0.25) is 0 Å². The van der Waals surface area contributed by atoms with Gasteiger partial charge in [0.1, 0.15) is 18.2 Å². The third kappa shape index (κ3) is 14.0. The molecule has 0 radical (unpaired) electrons. The van der Waals surface area contributed by atoms with Crippen LogP contribution in [0.25, 0.3) is 0 Å². The largest absolute Gasteiger partial charge is 0.513 e. The van der Waals surface area contributed by atoms with E-state index in [4.69, 9.17) is 34.2 Å². The lowest BCUT2D eigenvalue weighted by Gasteiger charge is -2.23. The Bertz CT molecular complexity index is 1010. The van der Waals surface area contributed by atoms with E-state index in [2.05, 4.69) is 0 Å². The van der Waals surface area contributed by atoms with E-state index in [9.17, 15) is 19.2 Å². The molecular formula is C31H49NO10. The monoisotopic (exact) mass is 595 g/mol. The van der Waals surface area contributed by atoms with Crippen LogP contribution in [0.15, 0.2) is 18.2 Å². The first kappa shape index (κ1) is 36.7. The fourth-order valence-corrected chi connectivity index (χ4v) is 3.22. The van der Waals surface area contributed by atoms with E-state index in [0.717, 1.165) is 19.3 Å². The van der Waals surface area contributed by atoms with Gasteiger partial charge in [0.05, 0.1) is 13.2 Å². The second-order valence-corrected chi connectivity index (χ2v) is 11.0. The summed E-state index contributed by atoms with van der Waals surface area (Å²) in [5.41, 5.74) is 6.61. The molecular weight excluding hydrogens is 546 g/mol. The molecule has 0 aliphatic heterocycles. The minimum atomic E-state index is -1.08. The number of nitrogens with two attached hydrogens (primary N) is 1.